The Balaban J connectivity index is 1.89. The third-order valence-electron chi connectivity index (χ3n) is 5.77. The fourth-order valence-corrected chi connectivity index (χ4v) is 4.44. The molecule has 0 atom stereocenters. The first-order valence-corrected chi connectivity index (χ1v) is 10.3. The van der Waals surface area contributed by atoms with E-state index in [2.05, 4.69) is 54.1 Å². The number of benzene rings is 2. The van der Waals surface area contributed by atoms with Crippen LogP contribution in [0.3, 0.4) is 0 Å². The summed E-state index contributed by atoms with van der Waals surface area (Å²) in [5.74, 6) is 1.99. The first-order valence-electron chi connectivity index (χ1n) is 10.3. The molecule has 1 heterocycles. The third-order valence-corrected chi connectivity index (χ3v) is 5.77. The molecule has 0 unspecified atom stereocenters. The zero-order chi connectivity index (χ0) is 20.4. The summed E-state index contributed by atoms with van der Waals surface area (Å²) in [5, 5.41) is 1.37. The summed E-state index contributed by atoms with van der Waals surface area (Å²) < 4.78 is 19.1. The number of aromatic nitrogens is 1. The Kier molecular flexibility index (Phi) is 5.52. The third kappa shape index (κ3) is 3.37. The predicted molar refractivity (Wildman–Crippen MR) is 118 cm³/mol. The van der Waals surface area contributed by atoms with Crippen molar-refractivity contribution in [2.24, 2.45) is 0 Å². The van der Waals surface area contributed by atoms with Gasteiger partial charge in [0.1, 0.15) is 0 Å². The second-order valence-corrected chi connectivity index (χ2v) is 7.46. The summed E-state index contributed by atoms with van der Waals surface area (Å²) in [6, 6.07) is 10.9. The van der Waals surface area contributed by atoms with Crippen LogP contribution in [0.25, 0.3) is 16.5 Å². The minimum atomic E-state index is 0.625. The summed E-state index contributed by atoms with van der Waals surface area (Å²) in [6.45, 7) is 3.28. The van der Waals surface area contributed by atoms with Gasteiger partial charge in [0.05, 0.1) is 21.3 Å². The van der Waals surface area contributed by atoms with Gasteiger partial charge in [0.2, 0.25) is 5.75 Å². The quantitative estimate of drug-likeness (QED) is 0.529. The van der Waals surface area contributed by atoms with Gasteiger partial charge < -0.3 is 18.8 Å². The standard InChI is InChI=1S/C25H29NO3/c1-5-13-26-14-12-21-19-9-7-6-8-18(20(19)10-11-22(21)26)17-15-23(27-2)25(29-4)24(16-17)28-3/h8,10-12,14-16H,5-7,9,13H2,1-4H3. The van der Waals surface area contributed by atoms with E-state index < -0.39 is 0 Å². The van der Waals surface area contributed by atoms with Gasteiger partial charge in [-0.15, -0.1) is 0 Å². The molecule has 0 radical (unpaired) electrons. The molecular weight excluding hydrogens is 362 g/mol. The van der Waals surface area contributed by atoms with Gasteiger partial charge in [-0.2, -0.15) is 0 Å². The molecule has 0 spiro atoms. The van der Waals surface area contributed by atoms with Gasteiger partial charge in [-0.1, -0.05) is 19.1 Å². The lowest BCUT2D eigenvalue weighted by Crippen LogP contribution is -2.00. The number of nitrogens with zero attached hydrogens (tertiary/aromatic N) is 1. The lowest BCUT2D eigenvalue weighted by Gasteiger charge is -2.17. The molecule has 0 saturated carbocycles. The van der Waals surface area contributed by atoms with Gasteiger partial charge in [0.25, 0.3) is 0 Å². The number of fused-ring (bicyclic) bond motifs is 3. The smallest absolute Gasteiger partial charge is 0.203 e. The maximum Gasteiger partial charge on any atom is 0.203 e. The molecule has 1 aliphatic rings. The number of hydrogen-bond donors (Lipinski definition) is 0. The number of rotatable bonds is 6. The second-order valence-electron chi connectivity index (χ2n) is 7.46. The van der Waals surface area contributed by atoms with Crippen LogP contribution < -0.4 is 14.2 Å². The minimum Gasteiger partial charge on any atom is -0.493 e. The van der Waals surface area contributed by atoms with E-state index in [1.54, 1.807) is 21.3 Å². The van der Waals surface area contributed by atoms with Gasteiger partial charge in [-0.25, -0.2) is 0 Å². The van der Waals surface area contributed by atoms with E-state index in [4.69, 9.17) is 14.2 Å². The minimum absolute atomic E-state index is 0.625. The molecule has 3 aromatic rings. The molecule has 0 bridgehead atoms. The predicted octanol–water partition coefficient (Wildman–Crippen LogP) is 5.85. The molecule has 4 rings (SSSR count). The van der Waals surface area contributed by atoms with Crippen molar-refractivity contribution >= 4 is 16.5 Å². The summed E-state index contributed by atoms with van der Waals surface area (Å²) in [7, 11) is 4.96. The van der Waals surface area contributed by atoms with E-state index in [0.717, 1.165) is 37.8 Å². The molecule has 2 aromatic carbocycles. The van der Waals surface area contributed by atoms with Gasteiger partial charge >= 0.3 is 0 Å². The maximum absolute atomic E-state index is 5.59. The van der Waals surface area contributed by atoms with Crippen molar-refractivity contribution in [3.63, 3.8) is 0 Å². The second kappa shape index (κ2) is 8.24. The van der Waals surface area contributed by atoms with Crippen LogP contribution in [0.5, 0.6) is 17.2 Å². The number of aryl methyl sites for hydroxylation is 2. The molecule has 1 aliphatic carbocycles. The van der Waals surface area contributed by atoms with Crippen molar-refractivity contribution in [2.45, 2.75) is 39.2 Å². The lowest BCUT2D eigenvalue weighted by molar-refractivity contribution is 0.324. The lowest BCUT2D eigenvalue weighted by atomic mass is 9.91. The highest BCUT2D eigenvalue weighted by atomic mass is 16.5. The molecular formula is C25H29NO3. The van der Waals surface area contributed by atoms with E-state index in [9.17, 15) is 0 Å². The summed E-state index contributed by atoms with van der Waals surface area (Å²) in [4.78, 5) is 0. The van der Waals surface area contributed by atoms with Crippen molar-refractivity contribution in [1.82, 2.24) is 4.57 Å². The molecule has 4 nitrogen and oxygen atoms in total. The summed E-state index contributed by atoms with van der Waals surface area (Å²) in [6.07, 6.45) is 9.01. The topological polar surface area (TPSA) is 32.6 Å². The molecule has 0 N–H and O–H groups in total. The van der Waals surface area contributed by atoms with Crippen LogP contribution in [0.4, 0.5) is 0 Å². The summed E-state index contributed by atoms with van der Waals surface area (Å²) in [5.41, 5.74) is 6.40. The van der Waals surface area contributed by atoms with Gasteiger partial charge in [-0.05, 0) is 72.2 Å². The average Bonchev–Trinajstić information content (AvgIpc) is 3.03. The van der Waals surface area contributed by atoms with Crippen LogP contribution in [0.15, 0.2) is 42.6 Å². The Morgan fingerprint density at radius 3 is 2.38 bits per heavy atom. The van der Waals surface area contributed by atoms with Crippen molar-refractivity contribution < 1.29 is 14.2 Å². The molecule has 0 aliphatic heterocycles. The number of hydrogen-bond acceptors (Lipinski definition) is 3. The Morgan fingerprint density at radius 2 is 1.72 bits per heavy atom. The zero-order valence-corrected chi connectivity index (χ0v) is 17.7. The highest BCUT2D eigenvalue weighted by Gasteiger charge is 2.20. The molecule has 1 aromatic heterocycles. The van der Waals surface area contributed by atoms with Crippen LogP contribution in [-0.2, 0) is 13.0 Å². The maximum atomic E-state index is 5.59. The normalized spacial score (nSPS) is 13.6. The Morgan fingerprint density at radius 1 is 0.966 bits per heavy atom. The molecule has 152 valence electrons. The van der Waals surface area contributed by atoms with E-state index in [1.807, 2.05) is 0 Å². The van der Waals surface area contributed by atoms with E-state index in [0.29, 0.717) is 17.2 Å². The first-order chi connectivity index (χ1) is 14.2. The Hall–Kier alpha value is -2.88. The largest absolute Gasteiger partial charge is 0.493 e. The van der Waals surface area contributed by atoms with E-state index >= 15 is 0 Å². The molecule has 0 saturated heterocycles. The number of allylic oxidation sites excluding steroid dienone is 1. The highest BCUT2D eigenvalue weighted by Crippen LogP contribution is 2.43. The van der Waals surface area contributed by atoms with Crippen molar-refractivity contribution in [3.05, 3.63) is 59.3 Å². The molecule has 0 fully saturated rings. The number of ether oxygens (including phenoxy) is 3. The first kappa shape index (κ1) is 19.4. The fourth-order valence-electron chi connectivity index (χ4n) is 4.44. The highest BCUT2D eigenvalue weighted by molar-refractivity contribution is 5.93. The summed E-state index contributed by atoms with van der Waals surface area (Å²) >= 11 is 0. The van der Waals surface area contributed by atoms with Gasteiger partial charge in [-0.3, -0.25) is 0 Å². The fraction of sp³-hybridized carbons (Fsp3) is 0.360. The number of methoxy groups -OCH3 is 3. The SMILES string of the molecule is CCCn1ccc2c3c(ccc21)C(c1cc(OC)c(OC)c(OC)c1)=CCCC3. The van der Waals surface area contributed by atoms with Crippen molar-refractivity contribution in [3.8, 4) is 17.2 Å². The van der Waals surface area contributed by atoms with Crippen LogP contribution >= 0.6 is 0 Å². The Labute approximate surface area is 172 Å². The van der Waals surface area contributed by atoms with E-state index in [1.165, 1.54) is 27.6 Å². The van der Waals surface area contributed by atoms with Crippen LogP contribution in [0.2, 0.25) is 0 Å². The molecule has 0 amide bonds. The van der Waals surface area contributed by atoms with Crippen LogP contribution in [0.1, 0.15) is 42.9 Å². The van der Waals surface area contributed by atoms with Gasteiger partial charge in [0, 0.05) is 23.6 Å². The monoisotopic (exact) mass is 391 g/mol. The van der Waals surface area contributed by atoms with Crippen LogP contribution in [-0.4, -0.2) is 25.9 Å². The van der Waals surface area contributed by atoms with Crippen molar-refractivity contribution in [1.29, 1.82) is 0 Å². The van der Waals surface area contributed by atoms with Crippen LogP contribution in [0, 0.1) is 0 Å². The zero-order valence-electron chi connectivity index (χ0n) is 17.7. The van der Waals surface area contributed by atoms with Gasteiger partial charge in [0.15, 0.2) is 11.5 Å². The molecule has 4 heteroatoms. The Bertz CT molecular complexity index is 1040. The molecule has 29 heavy (non-hydrogen) atoms. The van der Waals surface area contributed by atoms with Crippen molar-refractivity contribution in [2.75, 3.05) is 21.3 Å². The van der Waals surface area contributed by atoms with E-state index in [-0.39, 0.29) is 0 Å². The average molecular weight is 392 g/mol.